The first-order chi connectivity index (χ1) is 8.61. The summed E-state index contributed by atoms with van der Waals surface area (Å²) in [6.45, 7) is 5.94. The van der Waals surface area contributed by atoms with Crippen molar-refractivity contribution in [3.05, 3.63) is 22.3 Å². The van der Waals surface area contributed by atoms with Crippen molar-refractivity contribution in [2.75, 3.05) is 0 Å². The molecule has 0 heterocycles. The van der Waals surface area contributed by atoms with Crippen LogP contribution in [0.2, 0.25) is 0 Å². The molecule has 2 rings (SSSR count). The van der Waals surface area contributed by atoms with Gasteiger partial charge in [-0.25, -0.2) is 0 Å². The van der Waals surface area contributed by atoms with Gasteiger partial charge in [-0.3, -0.25) is 9.59 Å². The third-order valence-electron chi connectivity index (χ3n) is 3.90. The fourth-order valence-electron chi connectivity index (χ4n) is 2.81. The van der Waals surface area contributed by atoms with Gasteiger partial charge >= 0.3 is 0 Å². The molecule has 1 saturated carbocycles. The van der Waals surface area contributed by atoms with Crippen molar-refractivity contribution >= 4 is 11.6 Å². The van der Waals surface area contributed by atoms with Crippen LogP contribution in [0.3, 0.4) is 0 Å². The average molecular weight is 246 g/mol. The molecular formula is C16H22O2. The molecule has 2 nitrogen and oxygen atoms in total. The van der Waals surface area contributed by atoms with Crippen molar-refractivity contribution in [1.29, 1.82) is 0 Å². The van der Waals surface area contributed by atoms with Crippen LogP contribution in [0, 0.1) is 5.92 Å². The van der Waals surface area contributed by atoms with Crippen molar-refractivity contribution < 1.29 is 9.59 Å². The van der Waals surface area contributed by atoms with Crippen LogP contribution in [0.15, 0.2) is 22.3 Å². The predicted octanol–water partition coefficient (Wildman–Crippen LogP) is 3.76. The Kier molecular flexibility index (Phi) is 3.84. The molecule has 0 spiro atoms. The standard InChI is InChI=1S/C16H22O2/c1-4-6-12-10(3)15(17)13(7-5-2)14(16(12)18)11-8-9-11/h11H,4-9H2,1-3H3. The molecule has 0 bridgehead atoms. The molecule has 0 aromatic rings. The lowest BCUT2D eigenvalue weighted by molar-refractivity contribution is -0.117. The van der Waals surface area contributed by atoms with Crippen molar-refractivity contribution in [3.63, 3.8) is 0 Å². The highest BCUT2D eigenvalue weighted by Gasteiger charge is 2.39. The van der Waals surface area contributed by atoms with Gasteiger partial charge < -0.3 is 0 Å². The van der Waals surface area contributed by atoms with E-state index in [1.165, 1.54) is 0 Å². The monoisotopic (exact) mass is 246 g/mol. The number of rotatable bonds is 5. The quantitative estimate of drug-likeness (QED) is 0.692. The van der Waals surface area contributed by atoms with Crippen molar-refractivity contribution in [1.82, 2.24) is 0 Å². The first kappa shape index (κ1) is 13.3. The molecule has 98 valence electrons. The van der Waals surface area contributed by atoms with Gasteiger partial charge in [0.15, 0.2) is 11.6 Å². The van der Waals surface area contributed by atoms with Crippen LogP contribution in [0.4, 0.5) is 0 Å². The summed E-state index contributed by atoms with van der Waals surface area (Å²) in [7, 11) is 0. The highest BCUT2D eigenvalue weighted by molar-refractivity contribution is 6.25. The second-order valence-electron chi connectivity index (χ2n) is 5.43. The summed E-state index contributed by atoms with van der Waals surface area (Å²) in [5.41, 5.74) is 3.18. The van der Waals surface area contributed by atoms with E-state index in [9.17, 15) is 9.59 Å². The zero-order valence-corrected chi connectivity index (χ0v) is 11.6. The van der Waals surface area contributed by atoms with E-state index in [1.807, 2.05) is 6.92 Å². The number of carbonyl (C=O) groups is 2. The first-order valence-electron chi connectivity index (χ1n) is 7.13. The van der Waals surface area contributed by atoms with Crippen LogP contribution < -0.4 is 0 Å². The molecule has 0 saturated heterocycles. The van der Waals surface area contributed by atoms with Gasteiger partial charge in [0.25, 0.3) is 0 Å². The Morgan fingerprint density at radius 3 is 2.00 bits per heavy atom. The zero-order chi connectivity index (χ0) is 13.3. The Hall–Kier alpha value is -1.18. The molecule has 0 amide bonds. The summed E-state index contributed by atoms with van der Waals surface area (Å²) in [6.07, 6.45) is 5.52. The van der Waals surface area contributed by atoms with Gasteiger partial charge in [-0.05, 0) is 38.5 Å². The molecule has 0 unspecified atom stereocenters. The lowest BCUT2D eigenvalue weighted by Gasteiger charge is -2.22. The molecule has 0 N–H and O–H groups in total. The minimum atomic E-state index is 0.141. The number of hydrogen-bond donors (Lipinski definition) is 0. The summed E-state index contributed by atoms with van der Waals surface area (Å²) < 4.78 is 0. The van der Waals surface area contributed by atoms with E-state index in [4.69, 9.17) is 0 Å². The minimum absolute atomic E-state index is 0.141. The second-order valence-corrected chi connectivity index (χ2v) is 5.43. The predicted molar refractivity (Wildman–Crippen MR) is 72.3 cm³/mol. The maximum absolute atomic E-state index is 12.6. The number of Topliss-reactive ketones (excluding diaryl/α,β-unsaturated/α-hetero) is 2. The Morgan fingerprint density at radius 1 is 0.944 bits per heavy atom. The Balaban J connectivity index is 2.42. The Labute approximate surface area is 109 Å². The van der Waals surface area contributed by atoms with E-state index in [0.717, 1.165) is 55.2 Å². The Morgan fingerprint density at radius 2 is 1.50 bits per heavy atom. The lowest BCUT2D eigenvalue weighted by Crippen LogP contribution is -2.24. The third kappa shape index (κ3) is 2.21. The molecule has 0 aromatic heterocycles. The molecular weight excluding hydrogens is 224 g/mol. The first-order valence-corrected chi connectivity index (χ1v) is 7.13. The fourth-order valence-corrected chi connectivity index (χ4v) is 2.81. The SMILES string of the molecule is CCCC1=C(C)C(=O)C(CCC)=C(C2CC2)C1=O. The van der Waals surface area contributed by atoms with Crippen LogP contribution >= 0.6 is 0 Å². The molecule has 0 atom stereocenters. The zero-order valence-electron chi connectivity index (χ0n) is 11.6. The van der Waals surface area contributed by atoms with Gasteiger partial charge in [-0.2, -0.15) is 0 Å². The number of ketones is 2. The minimum Gasteiger partial charge on any atom is -0.289 e. The van der Waals surface area contributed by atoms with Gasteiger partial charge in [-0.15, -0.1) is 0 Å². The van der Waals surface area contributed by atoms with Gasteiger partial charge in [0.2, 0.25) is 0 Å². The molecule has 0 aromatic carbocycles. The molecule has 2 aliphatic carbocycles. The van der Waals surface area contributed by atoms with Gasteiger partial charge in [-0.1, -0.05) is 26.7 Å². The van der Waals surface area contributed by atoms with Crippen LogP contribution in [0.1, 0.15) is 59.3 Å². The Bertz CT molecular complexity index is 448. The maximum atomic E-state index is 12.6. The van der Waals surface area contributed by atoms with E-state index < -0.39 is 0 Å². The molecule has 18 heavy (non-hydrogen) atoms. The highest BCUT2D eigenvalue weighted by Crippen LogP contribution is 2.43. The molecule has 0 radical (unpaired) electrons. The average Bonchev–Trinajstić information content (AvgIpc) is 3.16. The van der Waals surface area contributed by atoms with Crippen LogP contribution in [-0.2, 0) is 9.59 Å². The summed E-state index contributed by atoms with van der Waals surface area (Å²) in [4.78, 5) is 25.0. The largest absolute Gasteiger partial charge is 0.289 e. The maximum Gasteiger partial charge on any atom is 0.186 e. The van der Waals surface area contributed by atoms with E-state index in [2.05, 4.69) is 13.8 Å². The van der Waals surface area contributed by atoms with Crippen LogP contribution in [0.25, 0.3) is 0 Å². The van der Waals surface area contributed by atoms with Crippen LogP contribution in [0.5, 0.6) is 0 Å². The van der Waals surface area contributed by atoms with E-state index in [-0.39, 0.29) is 11.6 Å². The summed E-state index contributed by atoms with van der Waals surface area (Å²) in [5, 5.41) is 0. The van der Waals surface area contributed by atoms with Gasteiger partial charge in [0.1, 0.15) is 0 Å². The normalized spacial score (nSPS) is 21.1. The summed E-state index contributed by atoms with van der Waals surface area (Å²) in [6, 6.07) is 0. The van der Waals surface area contributed by atoms with Gasteiger partial charge in [0.05, 0.1) is 0 Å². The molecule has 0 aliphatic heterocycles. The van der Waals surface area contributed by atoms with E-state index >= 15 is 0 Å². The number of allylic oxidation sites excluding steroid dienone is 4. The van der Waals surface area contributed by atoms with E-state index in [1.54, 1.807) is 0 Å². The lowest BCUT2D eigenvalue weighted by atomic mass is 9.79. The van der Waals surface area contributed by atoms with Crippen molar-refractivity contribution in [2.24, 2.45) is 5.92 Å². The number of hydrogen-bond acceptors (Lipinski definition) is 2. The summed E-state index contributed by atoms with van der Waals surface area (Å²) in [5.74, 6) is 0.699. The van der Waals surface area contributed by atoms with E-state index in [0.29, 0.717) is 11.5 Å². The van der Waals surface area contributed by atoms with Crippen LogP contribution in [-0.4, -0.2) is 11.6 Å². The highest BCUT2D eigenvalue weighted by atomic mass is 16.1. The summed E-state index contributed by atoms with van der Waals surface area (Å²) >= 11 is 0. The third-order valence-corrected chi connectivity index (χ3v) is 3.90. The molecule has 1 fully saturated rings. The van der Waals surface area contributed by atoms with Gasteiger partial charge in [0, 0.05) is 22.3 Å². The molecule has 2 aliphatic rings. The fraction of sp³-hybridized carbons (Fsp3) is 0.625. The van der Waals surface area contributed by atoms with Crippen molar-refractivity contribution in [3.8, 4) is 0 Å². The smallest absolute Gasteiger partial charge is 0.186 e. The number of carbonyl (C=O) groups excluding carboxylic acids is 2. The second kappa shape index (κ2) is 5.21. The molecule has 2 heteroatoms. The van der Waals surface area contributed by atoms with Crippen molar-refractivity contribution in [2.45, 2.75) is 59.3 Å². The topological polar surface area (TPSA) is 34.1 Å².